The summed E-state index contributed by atoms with van der Waals surface area (Å²) >= 11 is 0. The first kappa shape index (κ1) is 17.7. The molecular formula is C20H21N3O3. The number of methoxy groups -OCH3 is 1. The van der Waals surface area contributed by atoms with Crippen molar-refractivity contribution < 1.29 is 14.1 Å². The first-order chi connectivity index (χ1) is 12.7. The predicted octanol–water partition coefficient (Wildman–Crippen LogP) is 3.88. The summed E-state index contributed by atoms with van der Waals surface area (Å²) in [5, 5.41) is 6.87. The fourth-order valence-corrected chi connectivity index (χ4v) is 2.53. The molecule has 0 saturated carbocycles. The van der Waals surface area contributed by atoms with Crippen LogP contribution in [0.15, 0.2) is 53.1 Å². The summed E-state index contributed by atoms with van der Waals surface area (Å²) in [5.41, 5.74) is 2.61. The molecule has 0 fully saturated rings. The number of anilines is 1. The topological polar surface area (TPSA) is 77.2 Å². The van der Waals surface area contributed by atoms with Crippen molar-refractivity contribution >= 4 is 11.6 Å². The lowest BCUT2D eigenvalue weighted by atomic mass is 10.1. The molecule has 0 atom stereocenters. The van der Waals surface area contributed by atoms with Crippen LogP contribution in [0.3, 0.4) is 0 Å². The molecule has 0 radical (unpaired) electrons. The number of carbonyl (C=O) groups excluding carboxylic acids is 1. The van der Waals surface area contributed by atoms with E-state index in [0.29, 0.717) is 36.7 Å². The highest BCUT2D eigenvalue weighted by atomic mass is 16.5. The van der Waals surface area contributed by atoms with Crippen LogP contribution in [0.4, 0.5) is 5.69 Å². The molecule has 6 heteroatoms. The van der Waals surface area contributed by atoms with Gasteiger partial charge >= 0.3 is 0 Å². The van der Waals surface area contributed by atoms with Gasteiger partial charge in [0, 0.05) is 24.1 Å². The molecule has 1 aromatic heterocycles. The van der Waals surface area contributed by atoms with Gasteiger partial charge in [-0.2, -0.15) is 4.98 Å². The number of nitrogens with one attached hydrogen (secondary N) is 1. The first-order valence-corrected chi connectivity index (χ1v) is 8.53. The molecule has 3 rings (SSSR count). The van der Waals surface area contributed by atoms with E-state index in [9.17, 15) is 4.79 Å². The van der Waals surface area contributed by atoms with Crippen molar-refractivity contribution in [1.82, 2.24) is 10.1 Å². The summed E-state index contributed by atoms with van der Waals surface area (Å²) in [4.78, 5) is 16.5. The maximum absolute atomic E-state index is 12.2. The maximum Gasteiger partial charge on any atom is 0.226 e. The number of benzene rings is 2. The van der Waals surface area contributed by atoms with Crippen LogP contribution in [0.1, 0.15) is 24.8 Å². The fraction of sp³-hybridized carbons (Fsp3) is 0.250. The van der Waals surface area contributed by atoms with Gasteiger partial charge in [-0.25, -0.2) is 0 Å². The SMILES string of the molecule is CCc1nc(-c2cccc(NC(=O)CCc3ccc(OC)cc3)c2)no1. The van der Waals surface area contributed by atoms with Gasteiger partial charge in [-0.1, -0.05) is 36.3 Å². The number of aryl methyl sites for hydroxylation is 2. The molecule has 6 nitrogen and oxygen atoms in total. The minimum absolute atomic E-state index is 0.0414. The summed E-state index contributed by atoms with van der Waals surface area (Å²) < 4.78 is 10.3. The number of aromatic nitrogens is 2. The Hall–Kier alpha value is -3.15. The lowest BCUT2D eigenvalue weighted by molar-refractivity contribution is -0.116. The second kappa shape index (κ2) is 8.29. The second-order valence-corrected chi connectivity index (χ2v) is 5.84. The van der Waals surface area contributed by atoms with Crippen molar-refractivity contribution in [2.45, 2.75) is 26.2 Å². The summed E-state index contributed by atoms with van der Waals surface area (Å²) in [6, 6.07) is 15.2. The van der Waals surface area contributed by atoms with Crippen LogP contribution >= 0.6 is 0 Å². The van der Waals surface area contributed by atoms with Crippen LogP contribution in [-0.2, 0) is 17.6 Å². The van der Waals surface area contributed by atoms with Gasteiger partial charge in [-0.3, -0.25) is 4.79 Å². The third kappa shape index (κ3) is 4.47. The third-order valence-electron chi connectivity index (χ3n) is 3.97. The molecule has 26 heavy (non-hydrogen) atoms. The number of hydrogen-bond acceptors (Lipinski definition) is 5. The molecule has 0 bridgehead atoms. The predicted molar refractivity (Wildman–Crippen MR) is 99.1 cm³/mol. The Kier molecular flexibility index (Phi) is 5.63. The largest absolute Gasteiger partial charge is 0.497 e. The van der Waals surface area contributed by atoms with Crippen LogP contribution in [-0.4, -0.2) is 23.2 Å². The Balaban J connectivity index is 1.59. The van der Waals surface area contributed by atoms with E-state index in [4.69, 9.17) is 9.26 Å². The Labute approximate surface area is 152 Å². The molecule has 0 saturated heterocycles. The highest BCUT2D eigenvalue weighted by molar-refractivity contribution is 5.91. The van der Waals surface area contributed by atoms with Crippen LogP contribution in [0.2, 0.25) is 0 Å². The van der Waals surface area contributed by atoms with Gasteiger partial charge in [0.25, 0.3) is 0 Å². The Morgan fingerprint density at radius 2 is 2.00 bits per heavy atom. The summed E-state index contributed by atoms with van der Waals surface area (Å²) in [5.74, 6) is 1.88. The minimum atomic E-state index is -0.0414. The number of amides is 1. The second-order valence-electron chi connectivity index (χ2n) is 5.84. The summed E-state index contributed by atoms with van der Waals surface area (Å²) in [7, 11) is 1.63. The van der Waals surface area contributed by atoms with Gasteiger partial charge in [0.15, 0.2) is 0 Å². The first-order valence-electron chi connectivity index (χ1n) is 8.53. The van der Waals surface area contributed by atoms with Crippen molar-refractivity contribution in [1.29, 1.82) is 0 Å². The van der Waals surface area contributed by atoms with E-state index in [-0.39, 0.29) is 5.91 Å². The number of rotatable bonds is 7. The molecule has 0 spiro atoms. The zero-order chi connectivity index (χ0) is 18.4. The normalized spacial score (nSPS) is 10.5. The van der Waals surface area contributed by atoms with E-state index >= 15 is 0 Å². The average molecular weight is 351 g/mol. The van der Waals surface area contributed by atoms with Gasteiger partial charge in [0.1, 0.15) is 5.75 Å². The number of nitrogens with zero attached hydrogens (tertiary/aromatic N) is 2. The molecule has 1 amide bonds. The van der Waals surface area contributed by atoms with Crippen LogP contribution in [0.25, 0.3) is 11.4 Å². The molecule has 1 heterocycles. The van der Waals surface area contributed by atoms with E-state index in [2.05, 4.69) is 15.5 Å². The van der Waals surface area contributed by atoms with Crippen molar-refractivity contribution in [3.63, 3.8) is 0 Å². The summed E-state index contributed by atoms with van der Waals surface area (Å²) in [6.45, 7) is 1.96. The third-order valence-corrected chi connectivity index (χ3v) is 3.97. The lowest BCUT2D eigenvalue weighted by Crippen LogP contribution is -2.12. The zero-order valence-corrected chi connectivity index (χ0v) is 14.9. The molecule has 2 aromatic carbocycles. The quantitative estimate of drug-likeness (QED) is 0.699. The van der Waals surface area contributed by atoms with Crippen molar-refractivity contribution in [2.75, 3.05) is 12.4 Å². The average Bonchev–Trinajstić information content (AvgIpc) is 3.16. The van der Waals surface area contributed by atoms with E-state index in [0.717, 1.165) is 16.9 Å². The fourth-order valence-electron chi connectivity index (χ4n) is 2.53. The van der Waals surface area contributed by atoms with Gasteiger partial charge in [0.2, 0.25) is 17.6 Å². The molecule has 134 valence electrons. The van der Waals surface area contributed by atoms with Crippen LogP contribution in [0.5, 0.6) is 5.75 Å². The van der Waals surface area contributed by atoms with Crippen molar-refractivity contribution in [2.24, 2.45) is 0 Å². The molecule has 0 unspecified atom stereocenters. The smallest absolute Gasteiger partial charge is 0.226 e. The highest BCUT2D eigenvalue weighted by Crippen LogP contribution is 2.20. The molecule has 0 aliphatic heterocycles. The van der Waals surface area contributed by atoms with E-state index < -0.39 is 0 Å². The molecule has 0 aliphatic carbocycles. The maximum atomic E-state index is 12.2. The summed E-state index contributed by atoms with van der Waals surface area (Å²) in [6.07, 6.45) is 1.76. The van der Waals surface area contributed by atoms with E-state index in [1.807, 2.05) is 55.5 Å². The van der Waals surface area contributed by atoms with Crippen LogP contribution in [0, 0.1) is 0 Å². The van der Waals surface area contributed by atoms with Crippen molar-refractivity contribution in [3.05, 3.63) is 60.0 Å². The Bertz CT molecular complexity index is 872. The van der Waals surface area contributed by atoms with E-state index in [1.165, 1.54) is 0 Å². The van der Waals surface area contributed by atoms with Gasteiger partial charge in [-0.05, 0) is 36.2 Å². The number of hydrogen-bond donors (Lipinski definition) is 1. The zero-order valence-electron chi connectivity index (χ0n) is 14.9. The standard InChI is InChI=1S/C20H21N3O3/c1-3-19-22-20(23-26-19)15-5-4-6-16(13-15)21-18(24)12-9-14-7-10-17(25-2)11-8-14/h4-8,10-11,13H,3,9,12H2,1-2H3,(H,21,24). The Morgan fingerprint density at radius 1 is 1.19 bits per heavy atom. The van der Waals surface area contributed by atoms with Crippen LogP contribution < -0.4 is 10.1 Å². The molecular weight excluding hydrogens is 330 g/mol. The highest BCUT2D eigenvalue weighted by Gasteiger charge is 2.09. The van der Waals surface area contributed by atoms with E-state index in [1.54, 1.807) is 7.11 Å². The molecule has 1 N–H and O–H groups in total. The van der Waals surface area contributed by atoms with Gasteiger partial charge in [0.05, 0.1) is 7.11 Å². The molecule has 0 aliphatic rings. The molecule has 3 aromatic rings. The lowest BCUT2D eigenvalue weighted by Gasteiger charge is -2.07. The minimum Gasteiger partial charge on any atom is -0.497 e. The van der Waals surface area contributed by atoms with Gasteiger partial charge < -0.3 is 14.6 Å². The van der Waals surface area contributed by atoms with Crippen molar-refractivity contribution in [3.8, 4) is 17.1 Å². The number of carbonyl (C=O) groups is 1. The monoisotopic (exact) mass is 351 g/mol. The number of ether oxygens (including phenoxy) is 1. The van der Waals surface area contributed by atoms with Gasteiger partial charge in [-0.15, -0.1) is 0 Å². The Morgan fingerprint density at radius 3 is 2.69 bits per heavy atom.